The van der Waals surface area contributed by atoms with E-state index in [0.29, 0.717) is 5.56 Å². The number of ether oxygens (including phenoxy) is 1. The summed E-state index contributed by atoms with van der Waals surface area (Å²) in [5.41, 5.74) is 0.458. The highest BCUT2D eigenvalue weighted by Gasteiger charge is 2.35. The zero-order valence-electron chi connectivity index (χ0n) is 13.7. The van der Waals surface area contributed by atoms with Gasteiger partial charge in [-0.3, -0.25) is 14.5 Å². The highest BCUT2D eigenvalue weighted by molar-refractivity contribution is 8.18. The minimum absolute atomic E-state index is 0.0246. The lowest BCUT2D eigenvalue weighted by molar-refractivity contribution is -0.123. The smallest absolute Gasteiger partial charge is 0.373 e. The Morgan fingerprint density at radius 3 is 2.59 bits per heavy atom. The second-order valence-electron chi connectivity index (χ2n) is 5.36. The second-order valence-corrected chi connectivity index (χ2v) is 7.17. The molecule has 2 amide bonds. The molecule has 1 saturated heterocycles. The van der Waals surface area contributed by atoms with Gasteiger partial charge in [-0.25, -0.2) is 4.79 Å². The van der Waals surface area contributed by atoms with Crippen LogP contribution in [0.25, 0.3) is 6.08 Å². The van der Waals surface area contributed by atoms with Gasteiger partial charge in [-0.05, 0) is 47.7 Å². The first-order chi connectivity index (χ1) is 12.8. The summed E-state index contributed by atoms with van der Waals surface area (Å²) in [5, 5.41) is 9.15. The van der Waals surface area contributed by atoms with Crippen LogP contribution < -0.4 is 0 Å². The second kappa shape index (κ2) is 7.67. The number of benzene rings is 1. The largest absolute Gasteiger partial charge is 0.505 e. The first kappa shape index (κ1) is 19.3. The molecule has 0 bridgehead atoms. The summed E-state index contributed by atoms with van der Waals surface area (Å²) in [6.45, 7) is -0.129. The number of thioether (sulfide) groups is 1. The number of rotatable bonds is 4. The standard InChI is InChI=1S/C17H11Cl2NO6S/c1-25-16(23)12-3-2-9(26-12)7-20-15(22)13(27-17(20)24)6-8-4-10(18)14(21)11(19)5-8/h2-6,21H,7H2,1H3. The molecule has 3 rings (SSSR count). The molecule has 1 aliphatic heterocycles. The van der Waals surface area contributed by atoms with Crippen LogP contribution in [0.2, 0.25) is 10.0 Å². The summed E-state index contributed by atoms with van der Waals surface area (Å²) < 4.78 is 9.82. The molecule has 2 aromatic rings. The lowest BCUT2D eigenvalue weighted by atomic mass is 10.2. The van der Waals surface area contributed by atoms with E-state index in [0.717, 1.165) is 16.7 Å². The Hall–Kier alpha value is -2.42. The van der Waals surface area contributed by atoms with Crippen molar-refractivity contribution in [2.45, 2.75) is 6.54 Å². The van der Waals surface area contributed by atoms with Crippen molar-refractivity contribution in [2.75, 3.05) is 7.11 Å². The predicted molar refractivity (Wildman–Crippen MR) is 99.7 cm³/mol. The molecule has 0 atom stereocenters. The normalized spacial score (nSPS) is 15.7. The summed E-state index contributed by atoms with van der Waals surface area (Å²) in [6.07, 6.45) is 1.45. The molecule has 1 aliphatic rings. The van der Waals surface area contributed by atoms with Crippen molar-refractivity contribution in [1.82, 2.24) is 4.90 Å². The predicted octanol–water partition coefficient (Wildman–Crippen LogP) is 4.32. The molecule has 0 unspecified atom stereocenters. The molecule has 1 N–H and O–H groups in total. The summed E-state index contributed by atoms with van der Waals surface area (Å²) in [5.74, 6) is -1.21. The van der Waals surface area contributed by atoms with E-state index in [1.54, 1.807) is 0 Å². The Bertz CT molecular complexity index is 961. The molecule has 1 aromatic heterocycles. The lowest BCUT2D eigenvalue weighted by Crippen LogP contribution is -2.27. The summed E-state index contributed by atoms with van der Waals surface area (Å²) in [6, 6.07) is 5.73. The fraction of sp³-hybridized carbons (Fsp3) is 0.118. The molecule has 1 aromatic carbocycles. The Morgan fingerprint density at radius 2 is 1.96 bits per heavy atom. The van der Waals surface area contributed by atoms with E-state index in [-0.39, 0.29) is 38.8 Å². The van der Waals surface area contributed by atoms with Crippen LogP contribution in [0, 0.1) is 0 Å². The fourth-order valence-electron chi connectivity index (χ4n) is 2.29. The van der Waals surface area contributed by atoms with Gasteiger partial charge in [0, 0.05) is 0 Å². The number of phenolic OH excluding ortho intramolecular Hbond substituents is 1. The molecule has 1 fully saturated rings. The Morgan fingerprint density at radius 1 is 1.30 bits per heavy atom. The molecule has 140 valence electrons. The van der Waals surface area contributed by atoms with Crippen LogP contribution in [0.3, 0.4) is 0 Å². The van der Waals surface area contributed by atoms with Crippen LogP contribution in [0.5, 0.6) is 5.75 Å². The molecular weight excluding hydrogens is 417 g/mol. The van der Waals surface area contributed by atoms with E-state index in [4.69, 9.17) is 27.6 Å². The molecule has 7 nitrogen and oxygen atoms in total. The zero-order chi connectivity index (χ0) is 19.7. The van der Waals surface area contributed by atoms with E-state index in [2.05, 4.69) is 4.74 Å². The van der Waals surface area contributed by atoms with Gasteiger partial charge in [0.1, 0.15) is 5.76 Å². The Labute approximate surface area is 167 Å². The molecule has 0 spiro atoms. The van der Waals surface area contributed by atoms with Crippen molar-refractivity contribution in [2.24, 2.45) is 0 Å². The quantitative estimate of drug-likeness (QED) is 0.572. The fourth-order valence-corrected chi connectivity index (χ4v) is 3.63. The van der Waals surface area contributed by atoms with Gasteiger partial charge < -0.3 is 14.3 Å². The van der Waals surface area contributed by atoms with Crippen molar-refractivity contribution in [3.8, 4) is 5.75 Å². The Balaban J connectivity index is 1.81. The Kier molecular flexibility index (Phi) is 5.50. The summed E-state index contributed by atoms with van der Waals surface area (Å²) in [4.78, 5) is 37.3. The van der Waals surface area contributed by atoms with Crippen LogP contribution in [0.1, 0.15) is 21.9 Å². The van der Waals surface area contributed by atoms with Gasteiger partial charge in [-0.15, -0.1) is 0 Å². The lowest BCUT2D eigenvalue weighted by Gasteiger charge is -2.10. The number of hydrogen-bond donors (Lipinski definition) is 1. The number of esters is 1. The van der Waals surface area contributed by atoms with Crippen LogP contribution in [-0.4, -0.2) is 34.2 Å². The van der Waals surface area contributed by atoms with E-state index < -0.39 is 17.1 Å². The maximum Gasteiger partial charge on any atom is 0.373 e. The highest BCUT2D eigenvalue weighted by atomic mass is 35.5. The maximum absolute atomic E-state index is 12.5. The third kappa shape index (κ3) is 3.97. The molecular formula is C17H11Cl2NO6S. The van der Waals surface area contributed by atoms with Crippen molar-refractivity contribution in [3.05, 3.63) is 56.3 Å². The molecule has 0 radical (unpaired) electrons. The van der Waals surface area contributed by atoms with Crippen molar-refractivity contribution >= 4 is 58.2 Å². The molecule has 2 heterocycles. The van der Waals surface area contributed by atoms with Gasteiger partial charge >= 0.3 is 5.97 Å². The van der Waals surface area contributed by atoms with Crippen LogP contribution >= 0.6 is 35.0 Å². The minimum atomic E-state index is -0.656. The number of phenols is 1. The third-order valence-electron chi connectivity index (χ3n) is 3.57. The first-order valence-electron chi connectivity index (χ1n) is 7.40. The van der Waals surface area contributed by atoms with E-state index in [9.17, 15) is 19.5 Å². The van der Waals surface area contributed by atoms with Gasteiger partial charge in [0.25, 0.3) is 11.1 Å². The third-order valence-corrected chi connectivity index (χ3v) is 5.06. The van der Waals surface area contributed by atoms with E-state index in [1.165, 1.54) is 37.5 Å². The number of halogens is 2. The minimum Gasteiger partial charge on any atom is -0.505 e. The number of hydrogen-bond acceptors (Lipinski definition) is 7. The van der Waals surface area contributed by atoms with Gasteiger partial charge in [0.15, 0.2) is 5.75 Å². The molecule has 27 heavy (non-hydrogen) atoms. The van der Waals surface area contributed by atoms with E-state index in [1.807, 2.05) is 0 Å². The number of carbonyl (C=O) groups is 3. The van der Waals surface area contributed by atoms with Gasteiger partial charge in [-0.2, -0.15) is 0 Å². The highest BCUT2D eigenvalue weighted by Crippen LogP contribution is 2.37. The maximum atomic E-state index is 12.5. The average Bonchev–Trinajstić information content (AvgIpc) is 3.20. The molecule has 10 heteroatoms. The molecule has 0 saturated carbocycles. The van der Waals surface area contributed by atoms with Gasteiger partial charge in [0.05, 0.1) is 28.6 Å². The van der Waals surface area contributed by atoms with Gasteiger partial charge in [-0.1, -0.05) is 23.2 Å². The topological polar surface area (TPSA) is 97.0 Å². The van der Waals surface area contributed by atoms with Gasteiger partial charge in [0.2, 0.25) is 5.76 Å². The molecule has 0 aliphatic carbocycles. The van der Waals surface area contributed by atoms with Crippen LogP contribution in [-0.2, 0) is 16.1 Å². The number of methoxy groups -OCH3 is 1. The van der Waals surface area contributed by atoms with Crippen molar-refractivity contribution in [1.29, 1.82) is 0 Å². The number of imide groups is 1. The number of furan rings is 1. The number of carbonyl (C=O) groups excluding carboxylic acids is 3. The van der Waals surface area contributed by atoms with Crippen LogP contribution in [0.15, 0.2) is 33.6 Å². The number of aromatic hydroxyl groups is 1. The first-order valence-corrected chi connectivity index (χ1v) is 8.97. The van der Waals surface area contributed by atoms with Crippen LogP contribution in [0.4, 0.5) is 4.79 Å². The van der Waals surface area contributed by atoms with E-state index >= 15 is 0 Å². The average molecular weight is 428 g/mol. The SMILES string of the molecule is COC(=O)c1ccc(CN2C(=O)SC(=Cc3cc(Cl)c(O)c(Cl)c3)C2=O)o1. The summed E-state index contributed by atoms with van der Waals surface area (Å²) >= 11 is 12.5. The zero-order valence-corrected chi connectivity index (χ0v) is 16.0. The van der Waals surface area contributed by atoms with Crippen molar-refractivity contribution in [3.63, 3.8) is 0 Å². The van der Waals surface area contributed by atoms with Crippen molar-refractivity contribution < 1.29 is 28.6 Å². The number of nitrogens with zero attached hydrogens (tertiary/aromatic N) is 1. The monoisotopic (exact) mass is 427 g/mol. The number of amides is 2. The summed E-state index contributed by atoms with van der Waals surface area (Å²) in [7, 11) is 1.22.